The summed E-state index contributed by atoms with van der Waals surface area (Å²) in [4.78, 5) is 51.5. The van der Waals surface area contributed by atoms with Crippen LogP contribution in [0.25, 0.3) is 0 Å². The number of benzene rings is 1. The van der Waals surface area contributed by atoms with E-state index in [1.165, 1.54) is 34.1 Å². The van der Waals surface area contributed by atoms with Crippen molar-refractivity contribution < 1.29 is 28.7 Å². The molecule has 0 unspecified atom stereocenters. The van der Waals surface area contributed by atoms with Crippen LogP contribution in [0.2, 0.25) is 0 Å². The fourth-order valence-electron chi connectivity index (χ4n) is 3.30. The molecule has 2 aromatic rings. The number of carbonyl (C=O) groups is 4. The van der Waals surface area contributed by atoms with Gasteiger partial charge in [0.2, 0.25) is 0 Å². The van der Waals surface area contributed by atoms with E-state index in [1.807, 2.05) is 6.92 Å². The number of unbranched alkanes of at least 4 members (excludes halogenated alkanes) is 1. The summed E-state index contributed by atoms with van der Waals surface area (Å²) in [6.07, 6.45) is 1.58. The first kappa shape index (κ1) is 20.3. The van der Waals surface area contributed by atoms with Crippen molar-refractivity contribution in [2.45, 2.75) is 33.2 Å². The molecule has 1 N–H and O–H groups in total. The van der Waals surface area contributed by atoms with Crippen LogP contribution < -0.4 is 0 Å². The van der Waals surface area contributed by atoms with Crippen LogP contribution >= 0.6 is 0 Å². The quantitative estimate of drug-likeness (QED) is 0.719. The van der Waals surface area contributed by atoms with Gasteiger partial charge in [0.1, 0.15) is 17.1 Å². The molecule has 0 radical (unpaired) electrons. The summed E-state index contributed by atoms with van der Waals surface area (Å²) in [5.74, 6) is -1.58. The highest BCUT2D eigenvalue weighted by Crippen LogP contribution is 2.25. The molecule has 29 heavy (non-hydrogen) atoms. The molecule has 1 aromatic heterocycles. The van der Waals surface area contributed by atoms with Crippen molar-refractivity contribution in [2.24, 2.45) is 0 Å². The van der Waals surface area contributed by atoms with Crippen LogP contribution in [0.5, 0.6) is 0 Å². The SMILES string of the molecule is CCCCN1C(=O)c2ccc(C(=O)N(C)Cc3cc(C(=O)O)c(C)o3)cc2C1=O. The van der Waals surface area contributed by atoms with E-state index < -0.39 is 5.97 Å². The smallest absolute Gasteiger partial charge is 0.339 e. The normalized spacial score (nSPS) is 13.0. The van der Waals surface area contributed by atoms with Crippen LogP contribution in [0.1, 0.15) is 72.7 Å². The zero-order chi connectivity index (χ0) is 21.3. The molecule has 1 aliphatic heterocycles. The summed E-state index contributed by atoms with van der Waals surface area (Å²) in [5, 5.41) is 9.11. The maximum absolute atomic E-state index is 12.8. The second-order valence-corrected chi connectivity index (χ2v) is 7.02. The topological polar surface area (TPSA) is 108 Å². The Morgan fingerprint density at radius 2 is 1.83 bits per heavy atom. The van der Waals surface area contributed by atoms with Gasteiger partial charge in [-0.05, 0) is 37.6 Å². The number of hydrogen-bond acceptors (Lipinski definition) is 5. The van der Waals surface area contributed by atoms with Gasteiger partial charge in [-0.15, -0.1) is 0 Å². The molecule has 0 bridgehead atoms. The Balaban J connectivity index is 1.78. The first-order valence-corrected chi connectivity index (χ1v) is 9.32. The van der Waals surface area contributed by atoms with E-state index in [-0.39, 0.29) is 46.7 Å². The van der Waals surface area contributed by atoms with E-state index >= 15 is 0 Å². The van der Waals surface area contributed by atoms with E-state index in [0.29, 0.717) is 17.9 Å². The van der Waals surface area contributed by atoms with Crippen molar-refractivity contribution in [2.75, 3.05) is 13.6 Å². The highest BCUT2D eigenvalue weighted by molar-refractivity contribution is 6.22. The number of nitrogens with zero attached hydrogens (tertiary/aromatic N) is 2. The lowest BCUT2D eigenvalue weighted by atomic mass is 10.0. The van der Waals surface area contributed by atoms with Crippen LogP contribution in [0.15, 0.2) is 28.7 Å². The standard InChI is InChI=1S/C21H22N2O6/c1-4-5-8-23-19(25)15-7-6-13(9-17(15)20(23)26)18(24)22(3)11-14-10-16(21(27)28)12(2)29-14/h6-7,9-10H,4-5,8,11H2,1-3H3,(H,27,28). The average Bonchev–Trinajstić information content (AvgIpc) is 3.17. The van der Waals surface area contributed by atoms with E-state index in [9.17, 15) is 19.2 Å². The minimum Gasteiger partial charge on any atom is -0.478 e. The number of hydrogen-bond donors (Lipinski definition) is 1. The van der Waals surface area contributed by atoms with Gasteiger partial charge in [-0.2, -0.15) is 0 Å². The maximum Gasteiger partial charge on any atom is 0.339 e. The zero-order valence-corrected chi connectivity index (χ0v) is 16.5. The largest absolute Gasteiger partial charge is 0.478 e. The summed E-state index contributed by atoms with van der Waals surface area (Å²) in [6, 6.07) is 5.85. The van der Waals surface area contributed by atoms with Crippen LogP contribution in [0.3, 0.4) is 0 Å². The number of aromatic carboxylic acids is 1. The lowest BCUT2D eigenvalue weighted by Gasteiger charge is -2.16. The molecule has 152 valence electrons. The molecule has 0 fully saturated rings. The minimum atomic E-state index is -1.10. The zero-order valence-electron chi connectivity index (χ0n) is 16.5. The van der Waals surface area contributed by atoms with Crippen LogP contribution in [0.4, 0.5) is 0 Å². The summed E-state index contributed by atoms with van der Waals surface area (Å²) in [6.45, 7) is 3.95. The van der Waals surface area contributed by atoms with Gasteiger partial charge in [0.15, 0.2) is 0 Å². The van der Waals surface area contributed by atoms with Gasteiger partial charge in [-0.3, -0.25) is 19.3 Å². The van der Waals surface area contributed by atoms with Crippen molar-refractivity contribution in [1.82, 2.24) is 9.80 Å². The second kappa shape index (κ2) is 7.90. The molecular formula is C21H22N2O6. The molecular weight excluding hydrogens is 376 g/mol. The second-order valence-electron chi connectivity index (χ2n) is 7.02. The highest BCUT2D eigenvalue weighted by atomic mass is 16.4. The van der Waals surface area contributed by atoms with Crippen molar-refractivity contribution in [3.8, 4) is 0 Å². The summed E-state index contributed by atoms with van der Waals surface area (Å²) < 4.78 is 5.41. The van der Waals surface area contributed by atoms with Crippen LogP contribution in [-0.4, -0.2) is 52.2 Å². The number of carboxylic acids is 1. The molecule has 3 amide bonds. The third-order valence-corrected chi connectivity index (χ3v) is 4.89. The van der Waals surface area contributed by atoms with Gasteiger partial charge in [0.25, 0.3) is 17.7 Å². The third-order valence-electron chi connectivity index (χ3n) is 4.89. The molecule has 0 saturated carbocycles. The lowest BCUT2D eigenvalue weighted by molar-refractivity contribution is 0.0648. The Bertz CT molecular complexity index is 1010. The molecule has 0 aliphatic carbocycles. The number of rotatable bonds is 7. The number of furan rings is 1. The Labute approximate surface area is 167 Å². The molecule has 8 heteroatoms. The van der Waals surface area contributed by atoms with Crippen LogP contribution in [0, 0.1) is 6.92 Å². The van der Waals surface area contributed by atoms with Crippen molar-refractivity contribution in [3.63, 3.8) is 0 Å². The Morgan fingerprint density at radius 3 is 2.45 bits per heavy atom. The van der Waals surface area contributed by atoms with Crippen molar-refractivity contribution in [3.05, 3.63) is 58.0 Å². The van der Waals surface area contributed by atoms with E-state index in [2.05, 4.69) is 0 Å². The van der Waals surface area contributed by atoms with Crippen LogP contribution in [-0.2, 0) is 6.54 Å². The Kier molecular flexibility index (Phi) is 5.54. The molecule has 0 spiro atoms. The Hall–Kier alpha value is -3.42. The monoisotopic (exact) mass is 398 g/mol. The number of amides is 3. The van der Waals surface area contributed by atoms with Gasteiger partial charge >= 0.3 is 5.97 Å². The number of aryl methyl sites for hydroxylation is 1. The van der Waals surface area contributed by atoms with Gasteiger partial charge in [0, 0.05) is 19.2 Å². The highest BCUT2D eigenvalue weighted by Gasteiger charge is 2.35. The van der Waals surface area contributed by atoms with Gasteiger partial charge in [-0.25, -0.2) is 4.79 Å². The molecule has 0 atom stereocenters. The summed E-state index contributed by atoms with van der Waals surface area (Å²) >= 11 is 0. The average molecular weight is 398 g/mol. The summed E-state index contributed by atoms with van der Waals surface area (Å²) in [5.41, 5.74) is 0.853. The van der Waals surface area contributed by atoms with E-state index in [1.54, 1.807) is 14.0 Å². The first-order valence-electron chi connectivity index (χ1n) is 9.32. The number of fused-ring (bicyclic) bond motifs is 1. The number of imide groups is 1. The predicted octanol–water partition coefficient (Wildman–Crippen LogP) is 2.95. The molecule has 1 aromatic carbocycles. The van der Waals surface area contributed by atoms with Crippen molar-refractivity contribution >= 4 is 23.7 Å². The fourth-order valence-corrected chi connectivity index (χ4v) is 3.30. The lowest BCUT2D eigenvalue weighted by Crippen LogP contribution is -2.30. The summed E-state index contributed by atoms with van der Waals surface area (Å²) in [7, 11) is 1.55. The maximum atomic E-state index is 12.8. The molecule has 8 nitrogen and oxygen atoms in total. The molecule has 1 aliphatic rings. The van der Waals surface area contributed by atoms with E-state index in [0.717, 1.165) is 12.8 Å². The van der Waals surface area contributed by atoms with Gasteiger partial charge in [-0.1, -0.05) is 13.3 Å². The fraction of sp³-hybridized carbons (Fsp3) is 0.333. The van der Waals surface area contributed by atoms with Gasteiger partial charge in [0.05, 0.1) is 17.7 Å². The van der Waals surface area contributed by atoms with Gasteiger partial charge < -0.3 is 14.4 Å². The third kappa shape index (κ3) is 3.78. The molecule has 3 rings (SSSR count). The Morgan fingerprint density at radius 1 is 1.14 bits per heavy atom. The first-order chi connectivity index (χ1) is 13.7. The van der Waals surface area contributed by atoms with Crippen molar-refractivity contribution in [1.29, 1.82) is 0 Å². The molecule has 0 saturated heterocycles. The minimum absolute atomic E-state index is 0.0506. The number of carbonyl (C=O) groups excluding carboxylic acids is 3. The number of carboxylic acid groups (broad SMARTS) is 1. The van der Waals surface area contributed by atoms with E-state index in [4.69, 9.17) is 9.52 Å². The molecule has 2 heterocycles. The predicted molar refractivity (Wildman–Crippen MR) is 103 cm³/mol.